The lowest BCUT2D eigenvalue weighted by atomic mass is 9.93. The van der Waals surface area contributed by atoms with Crippen LogP contribution in [0.5, 0.6) is 0 Å². The molecule has 2 heteroatoms. The number of carbonyl (C=O) groups is 1. The Labute approximate surface area is 110 Å². The molecule has 0 saturated heterocycles. The van der Waals surface area contributed by atoms with E-state index in [2.05, 4.69) is 6.92 Å². The second-order valence-corrected chi connectivity index (χ2v) is 5.07. The van der Waals surface area contributed by atoms with Gasteiger partial charge in [-0.2, -0.15) is 0 Å². The fraction of sp³-hybridized carbons (Fsp3) is 0.562. The van der Waals surface area contributed by atoms with Gasteiger partial charge in [0.1, 0.15) is 0 Å². The van der Waals surface area contributed by atoms with Gasteiger partial charge >= 0.3 is 5.97 Å². The minimum atomic E-state index is -0.660. The second kappa shape index (κ2) is 7.91. The molecular formula is C16H24O2. The van der Waals surface area contributed by atoms with Gasteiger partial charge in [0.15, 0.2) is 0 Å². The van der Waals surface area contributed by atoms with Gasteiger partial charge in [-0.15, -0.1) is 0 Å². The fourth-order valence-electron chi connectivity index (χ4n) is 2.14. The minimum Gasteiger partial charge on any atom is -0.481 e. The van der Waals surface area contributed by atoms with Crippen molar-refractivity contribution in [2.75, 3.05) is 0 Å². The summed E-state index contributed by atoms with van der Waals surface area (Å²) >= 11 is 0. The number of hydrogen-bond donors (Lipinski definition) is 1. The van der Waals surface area contributed by atoms with E-state index in [1.165, 1.54) is 18.4 Å². The lowest BCUT2D eigenvalue weighted by Gasteiger charge is -2.12. The van der Waals surface area contributed by atoms with E-state index in [0.717, 1.165) is 24.8 Å². The summed E-state index contributed by atoms with van der Waals surface area (Å²) in [6, 6.07) is 8.17. The number of benzene rings is 1. The van der Waals surface area contributed by atoms with Crippen LogP contribution < -0.4 is 0 Å². The smallest absolute Gasteiger partial charge is 0.306 e. The summed E-state index contributed by atoms with van der Waals surface area (Å²) in [4.78, 5) is 11.2. The lowest BCUT2D eigenvalue weighted by molar-refractivity contribution is -0.142. The first-order valence-corrected chi connectivity index (χ1v) is 6.91. The van der Waals surface area contributed by atoms with Crippen molar-refractivity contribution in [3.05, 3.63) is 35.4 Å². The van der Waals surface area contributed by atoms with Crippen LogP contribution in [0.1, 0.15) is 50.2 Å². The monoisotopic (exact) mass is 248 g/mol. The predicted molar refractivity (Wildman–Crippen MR) is 74.8 cm³/mol. The molecule has 1 N–H and O–H groups in total. The Balaban J connectivity index is 2.47. The molecule has 0 aliphatic rings. The average molecular weight is 248 g/mol. The Bertz CT molecular complexity index is 354. The molecule has 1 aromatic carbocycles. The maximum Gasteiger partial charge on any atom is 0.306 e. The van der Waals surface area contributed by atoms with Gasteiger partial charge in [0, 0.05) is 0 Å². The molecule has 0 aromatic heterocycles. The molecule has 1 atom stereocenters. The number of carboxylic acids is 1. The van der Waals surface area contributed by atoms with E-state index in [0.29, 0.717) is 6.42 Å². The normalized spacial score (nSPS) is 12.3. The molecule has 0 aliphatic heterocycles. The van der Waals surface area contributed by atoms with Crippen molar-refractivity contribution < 1.29 is 9.90 Å². The van der Waals surface area contributed by atoms with Crippen molar-refractivity contribution in [3.8, 4) is 0 Å². The Morgan fingerprint density at radius 3 is 2.39 bits per heavy atom. The number of carboxylic acid groups (broad SMARTS) is 1. The SMILES string of the molecule is CCCCCCC(Cc1ccc(C)cc1)C(=O)O. The summed E-state index contributed by atoms with van der Waals surface area (Å²) < 4.78 is 0. The molecule has 0 amide bonds. The third-order valence-electron chi connectivity index (χ3n) is 3.36. The van der Waals surface area contributed by atoms with Gasteiger partial charge in [-0.05, 0) is 25.3 Å². The third kappa shape index (κ3) is 5.35. The van der Waals surface area contributed by atoms with Gasteiger partial charge in [-0.1, -0.05) is 62.4 Å². The molecule has 0 fully saturated rings. The van der Waals surface area contributed by atoms with Gasteiger partial charge in [-0.3, -0.25) is 4.79 Å². The van der Waals surface area contributed by atoms with Crippen LogP contribution in [0.15, 0.2) is 24.3 Å². The van der Waals surface area contributed by atoms with Crippen LogP contribution in [-0.4, -0.2) is 11.1 Å². The van der Waals surface area contributed by atoms with Crippen LogP contribution in [0.3, 0.4) is 0 Å². The van der Waals surface area contributed by atoms with Crippen molar-refractivity contribution in [2.45, 2.75) is 52.4 Å². The molecule has 18 heavy (non-hydrogen) atoms. The Hall–Kier alpha value is -1.31. The number of rotatable bonds is 8. The lowest BCUT2D eigenvalue weighted by Crippen LogP contribution is -2.16. The Morgan fingerprint density at radius 1 is 1.17 bits per heavy atom. The number of hydrogen-bond acceptors (Lipinski definition) is 1. The third-order valence-corrected chi connectivity index (χ3v) is 3.36. The van der Waals surface area contributed by atoms with Crippen LogP contribution in [0.2, 0.25) is 0 Å². The van der Waals surface area contributed by atoms with Crippen molar-refractivity contribution in [3.63, 3.8) is 0 Å². The Morgan fingerprint density at radius 2 is 1.83 bits per heavy atom. The molecule has 2 nitrogen and oxygen atoms in total. The number of unbranched alkanes of at least 4 members (excludes halogenated alkanes) is 3. The molecule has 1 unspecified atom stereocenters. The molecule has 0 heterocycles. The first kappa shape index (κ1) is 14.7. The highest BCUT2D eigenvalue weighted by Crippen LogP contribution is 2.17. The summed E-state index contributed by atoms with van der Waals surface area (Å²) in [5.41, 5.74) is 2.34. The van der Waals surface area contributed by atoms with E-state index < -0.39 is 5.97 Å². The summed E-state index contributed by atoms with van der Waals surface area (Å²) in [5.74, 6) is -0.892. The van der Waals surface area contributed by atoms with Crippen LogP contribution in [0.4, 0.5) is 0 Å². The average Bonchev–Trinajstić information content (AvgIpc) is 2.35. The molecule has 0 aliphatic carbocycles. The first-order valence-electron chi connectivity index (χ1n) is 6.91. The molecule has 1 aromatic rings. The van der Waals surface area contributed by atoms with Crippen LogP contribution >= 0.6 is 0 Å². The van der Waals surface area contributed by atoms with Gasteiger partial charge in [0.2, 0.25) is 0 Å². The van der Waals surface area contributed by atoms with Gasteiger partial charge in [-0.25, -0.2) is 0 Å². The molecule has 100 valence electrons. The first-order chi connectivity index (χ1) is 8.63. The highest BCUT2D eigenvalue weighted by molar-refractivity contribution is 5.70. The van der Waals surface area contributed by atoms with Gasteiger partial charge < -0.3 is 5.11 Å². The standard InChI is InChI=1S/C16H24O2/c1-3-4-5-6-7-15(16(17)18)12-14-10-8-13(2)9-11-14/h8-11,15H,3-7,12H2,1-2H3,(H,17,18). The zero-order valence-corrected chi connectivity index (χ0v) is 11.5. The van der Waals surface area contributed by atoms with Gasteiger partial charge in [0.05, 0.1) is 5.92 Å². The van der Waals surface area contributed by atoms with Crippen LogP contribution in [0, 0.1) is 12.8 Å². The zero-order valence-electron chi connectivity index (χ0n) is 11.5. The minimum absolute atomic E-state index is 0.232. The van der Waals surface area contributed by atoms with E-state index in [1.807, 2.05) is 31.2 Å². The van der Waals surface area contributed by atoms with Crippen molar-refractivity contribution in [1.29, 1.82) is 0 Å². The van der Waals surface area contributed by atoms with Crippen molar-refractivity contribution >= 4 is 5.97 Å². The van der Waals surface area contributed by atoms with E-state index in [9.17, 15) is 9.90 Å². The topological polar surface area (TPSA) is 37.3 Å². The molecule has 0 radical (unpaired) electrons. The maximum atomic E-state index is 11.2. The summed E-state index contributed by atoms with van der Waals surface area (Å²) in [5, 5.41) is 9.25. The summed E-state index contributed by atoms with van der Waals surface area (Å²) in [6.07, 6.45) is 6.02. The molecule has 0 bridgehead atoms. The van der Waals surface area contributed by atoms with E-state index in [4.69, 9.17) is 0 Å². The maximum absolute atomic E-state index is 11.2. The number of aryl methyl sites for hydroxylation is 1. The molecule has 0 saturated carbocycles. The van der Waals surface area contributed by atoms with Gasteiger partial charge in [0.25, 0.3) is 0 Å². The summed E-state index contributed by atoms with van der Waals surface area (Å²) in [6.45, 7) is 4.21. The quantitative estimate of drug-likeness (QED) is 0.700. The van der Waals surface area contributed by atoms with Crippen LogP contribution in [-0.2, 0) is 11.2 Å². The van der Waals surface area contributed by atoms with Crippen LogP contribution in [0.25, 0.3) is 0 Å². The largest absolute Gasteiger partial charge is 0.481 e. The highest BCUT2D eigenvalue weighted by atomic mass is 16.4. The Kier molecular flexibility index (Phi) is 6.48. The molecule has 1 rings (SSSR count). The molecule has 0 spiro atoms. The predicted octanol–water partition coefficient (Wildman–Crippen LogP) is 4.21. The zero-order chi connectivity index (χ0) is 13.4. The number of aliphatic carboxylic acids is 1. The molecular weight excluding hydrogens is 224 g/mol. The van der Waals surface area contributed by atoms with E-state index in [-0.39, 0.29) is 5.92 Å². The second-order valence-electron chi connectivity index (χ2n) is 5.07. The fourth-order valence-corrected chi connectivity index (χ4v) is 2.14. The van der Waals surface area contributed by atoms with Crippen molar-refractivity contribution in [1.82, 2.24) is 0 Å². The van der Waals surface area contributed by atoms with E-state index in [1.54, 1.807) is 0 Å². The summed E-state index contributed by atoms with van der Waals surface area (Å²) in [7, 11) is 0. The van der Waals surface area contributed by atoms with Crippen molar-refractivity contribution in [2.24, 2.45) is 5.92 Å². The van der Waals surface area contributed by atoms with E-state index >= 15 is 0 Å². The highest BCUT2D eigenvalue weighted by Gasteiger charge is 2.17.